The number of carbonyl (C=O) groups excluding carboxylic acids is 1. The number of benzene rings is 2. The van der Waals surface area contributed by atoms with Gasteiger partial charge < -0.3 is 24.1 Å². The van der Waals surface area contributed by atoms with E-state index in [1.807, 2.05) is 60.7 Å². The monoisotopic (exact) mass is 427 g/mol. The van der Waals surface area contributed by atoms with Crippen LogP contribution in [0.5, 0.6) is 0 Å². The van der Waals surface area contributed by atoms with Gasteiger partial charge in [0.2, 0.25) is 0 Å². The highest BCUT2D eigenvalue weighted by atomic mass is 16.7. The number of rotatable bonds is 9. The van der Waals surface area contributed by atoms with Crippen LogP contribution in [0.1, 0.15) is 18.1 Å². The number of ether oxygens (including phenoxy) is 4. The molecule has 164 valence electrons. The summed E-state index contributed by atoms with van der Waals surface area (Å²) >= 11 is 0. The molecule has 0 bridgehead atoms. The van der Waals surface area contributed by atoms with Crippen molar-refractivity contribution in [3.8, 4) is 0 Å². The molecular formula is C22H25N3O6. The van der Waals surface area contributed by atoms with E-state index in [9.17, 15) is 9.90 Å². The van der Waals surface area contributed by atoms with Gasteiger partial charge in [0.05, 0.1) is 19.8 Å². The van der Waals surface area contributed by atoms with E-state index in [0.717, 1.165) is 11.1 Å². The van der Waals surface area contributed by atoms with Crippen molar-refractivity contribution in [2.75, 3.05) is 6.61 Å². The quantitative estimate of drug-likeness (QED) is 0.284. The van der Waals surface area contributed by atoms with Gasteiger partial charge in [-0.15, -0.1) is 0 Å². The summed E-state index contributed by atoms with van der Waals surface area (Å²) in [5.74, 6) is -0.550. The molecule has 1 heterocycles. The predicted octanol–water partition coefficient (Wildman–Crippen LogP) is 3.12. The van der Waals surface area contributed by atoms with Crippen LogP contribution in [-0.4, -0.2) is 48.3 Å². The standard InChI is InChI=1S/C22H25N3O6/c1-15(26)30-20-18(14-28-12-16-8-4-2-5-9-16)31-22(27)19(24-25-23)21(20)29-13-17-10-6-3-7-11-17/h2-11,18-22,27H,12-14H2,1H3/t18?,19?,20-,21?,22-/m1/s1. The average Bonchev–Trinajstić information content (AvgIpc) is 2.77. The molecule has 1 aliphatic rings. The maximum Gasteiger partial charge on any atom is 0.303 e. The Labute approximate surface area is 180 Å². The Hall–Kier alpha value is -2.94. The number of aliphatic hydroxyl groups is 1. The molecule has 2 aromatic carbocycles. The summed E-state index contributed by atoms with van der Waals surface area (Å²) in [6.45, 7) is 1.80. The van der Waals surface area contributed by atoms with E-state index in [1.165, 1.54) is 6.92 Å². The molecule has 1 saturated heterocycles. The van der Waals surface area contributed by atoms with Crippen LogP contribution < -0.4 is 0 Å². The molecule has 3 rings (SSSR count). The Morgan fingerprint density at radius 3 is 2.26 bits per heavy atom. The summed E-state index contributed by atoms with van der Waals surface area (Å²) in [5, 5.41) is 14.1. The van der Waals surface area contributed by atoms with Crippen molar-refractivity contribution in [1.29, 1.82) is 0 Å². The first-order valence-corrected chi connectivity index (χ1v) is 9.90. The molecule has 9 heteroatoms. The first kappa shape index (κ1) is 22.7. The molecular weight excluding hydrogens is 402 g/mol. The Morgan fingerprint density at radius 1 is 1.06 bits per heavy atom. The molecule has 5 atom stereocenters. The highest BCUT2D eigenvalue weighted by Crippen LogP contribution is 2.29. The van der Waals surface area contributed by atoms with Crippen LogP contribution in [0.4, 0.5) is 0 Å². The van der Waals surface area contributed by atoms with Gasteiger partial charge in [-0.05, 0) is 16.7 Å². The zero-order valence-corrected chi connectivity index (χ0v) is 17.1. The second-order valence-electron chi connectivity index (χ2n) is 7.10. The van der Waals surface area contributed by atoms with Crippen LogP contribution in [0, 0.1) is 0 Å². The van der Waals surface area contributed by atoms with Crippen molar-refractivity contribution in [2.24, 2.45) is 5.11 Å². The fraction of sp³-hybridized carbons (Fsp3) is 0.409. The van der Waals surface area contributed by atoms with E-state index in [2.05, 4.69) is 10.0 Å². The second-order valence-corrected chi connectivity index (χ2v) is 7.10. The van der Waals surface area contributed by atoms with E-state index in [-0.39, 0.29) is 13.2 Å². The lowest BCUT2D eigenvalue weighted by Crippen LogP contribution is -2.60. The van der Waals surface area contributed by atoms with Crippen molar-refractivity contribution < 1.29 is 28.8 Å². The molecule has 9 nitrogen and oxygen atoms in total. The molecule has 0 aromatic heterocycles. The summed E-state index contributed by atoms with van der Waals surface area (Å²) in [5.41, 5.74) is 10.8. The topological polar surface area (TPSA) is 123 Å². The van der Waals surface area contributed by atoms with Gasteiger partial charge in [0.1, 0.15) is 18.2 Å². The van der Waals surface area contributed by atoms with Gasteiger partial charge in [0.15, 0.2) is 12.4 Å². The Bertz CT molecular complexity index is 875. The van der Waals surface area contributed by atoms with Crippen LogP contribution in [0.3, 0.4) is 0 Å². The summed E-state index contributed by atoms with van der Waals surface area (Å²) in [6.07, 6.45) is -4.10. The molecule has 1 aliphatic heterocycles. The third-order valence-electron chi connectivity index (χ3n) is 4.80. The number of nitrogens with zero attached hydrogens (tertiary/aromatic N) is 3. The smallest absolute Gasteiger partial charge is 0.303 e. The van der Waals surface area contributed by atoms with E-state index in [0.29, 0.717) is 6.61 Å². The predicted molar refractivity (Wildman–Crippen MR) is 110 cm³/mol. The van der Waals surface area contributed by atoms with E-state index in [1.54, 1.807) is 0 Å². The van der Waals surface area contributed by atoms with Gasteiger partial charge in [0.25, 0.3) is 0 Å². The van der Waals surface area contributed by atoms with E-state index < -0.39 is 36.6 Å². The van der Waals surface area contributed by atoms with Gasteiger partial charge in [-0.3, -0.25) is 4.79 Å². The number of hydrogen-bond acceptors (Lipinski definition) is 7. The SMILES string of the molecule is CC(=O)O[C@@H]1C(COCc2ccccc2)O[C@@H](O)C(N=[N+]=[N-])C1OCc1ccccc1. The van der Waals surface area contributed by atoms with Gasteiger partial charge >= 0.3 is 5.97 Å². The first-order valence-electron chi connectivity index (χ1n) is 9.90. The van der Waals surface area contributed by atoms with Crippen LogP contribution in [0.2, 0.25) is 0 Å². The fourth-order valence-corrected chi connectivity index (χ4v) is 3.38. The number of azide groups is 1. The minimum absolute atomic E-state index is 0.0398. The summed E-state index contributed by atoms with van der Waals surface area (Å²) in [6, 6.07) is 17.8. The zero-order chi connectivity index (χ0) is 22.1. The third-order valence-corrected chi connectivity index (χ3v) is 4.80. The van der Waals surface area contributed by atoms with Crippen LogP contribution >= 0.6 is 0 Å². The van der Waals surface area contributed by atoms with Gasteiger partial charge in [-0.1, -0.05) is 65.8 Å². The lowest BCUT2D eigenvalue weighted by Gasteiger charge is -2.42. The molecule has 31 heavy (non-hydrogen) atoms. The van der Waals surface area contributed by atoms with Crippen molar-refractivity contribution in [3.05, 3.63) is 82.2 Å². The number of esters is 1. The summed E-state index contributed by atoms with van der Waals surface area (Å²) in [7, 11) is 0. The highest BCUT2D eigenvalue weighted by Gasteiger charge is 2.48. The molecule has 1 N–H and O–H groups in total. The Morgan fingerprint density at radius 2 is 1.68 bits per heavy atom. The number of hydrogen-bond donors (Lipinski definition) is 1. The lowest BCUT2D eigenvalue weighted by atomic mass is 9.97. The lowest BCUT2D eigenvalue weighted by molar-refractivity contribution is -0.267. The minimum Gasteiger partial charge on any atom is -0.457 e. The molecule has 1 fully saturated rings. The van der Waals surface area contributed by atoms with Gasteiger partial charge in [-0.2, -0.15) is 0 Å². The number of aliphatic hydroxyl groups excluding tert-OH is 1. The largest absolute Gasteiger partial charge is 0.457 e. The Balaban J connectivity index is 1.75. The van der Waals surface area contributed by atoms with Gasteiger partial charge in [0, 0.05) is 11.8 Å². The molecule has 0 spiro atoms. The Kier molecular flexibility index (Phi) is 8.40. The van der Waals surface area contributed by atoms with E-state index >= 15 is 0 Å². The molecule has 0 aliphatic carbocycles. The summed E-state index contributed by atoms with van der Waals surface area (Å²) < 4.78 is 22.8. The second kappa shape index (κ2) is 11.5. The maximum atomic E-state index is 11.8. The molecule has 3 unspecified atom stereocenters. The van der Waals surface area contributed by atoms with Crippen molar-refractivity contribution in [1.82, 2.24) is 0 Å². The van der Waals surface area contributed by atoms with Gasteiger partial charge in [-0.25, -0.2) is 0 Å². The van der Waals surface area contributed by atoms with Crippen LogP contribution in [-0.2, 0) is 37.0 Å². The molecule has 0 saturated carbocycles. The molecule has 0 amide bonds. The minimum atomic E-state index is -1.44. The number of carbonyl (C=O) groups is 1. The average molecular weight is 427 g/mol. The van der Waals surface area contributed by atoms with Crippen molar-refractivity contribution >= 4 is 5.97 Å². The van der Waals surface area contributed by atoms with Crippen molar-refractivity contribution in [3.63, 3.8) is 0 Å². The third kappa shape index (κ3) is 6.52. The fourth-order valence-electron chi connectivity index (χ4n) is 3.38. The first-order chi connectivity index (χ1) is 15.1. The maximum absolute atomic E-state index is 11.8. The van der Waals surface area contributed by atoms with Crippen LogP contribution in [0.25, 0.3) is 10.4 Å². The molecule has 2 aromatic rings. The van der Waals surface area contributed by atoms with E-state index in [4.69, 9.17) is 24.5 Å². The highest BCUT2D eigenvalue weighted by molar-refractivity contribution is 5.66. The van der Waals surface area contributed by atoms with Crippen LogP contribution in [0.15, 0.2) is 65.8 Å². The zero-order valence-electron chi connectivity index (χ0n) is 17.1. The summed E-state index contributed by atoms with van der Waals surface area (Å²) in [4.78, 5) is 14.6. The van der Waals surface area contributed by atoms with Crippen molar-refractivity contribution in [2.45, 2.75) is 50.8 Å². The normalized spacial score (nSPS) is 25.4. The molecule has 0 radical (unpaired) electrons.